The van der Waals surface area contributed by atoms with Gasteiger partial charge in [-0.3, -0.25) is 9.69 Å². The third kappa shape index (κ3) is 6.49. The molecule has 10 N–H and O–H groups in total. The number of hydrogen-bond donors (Lipinski definition) is 10. The van der Waals surface area contributed by atoms with Crippen molar-refractivity contribution in [2.45, 2.75) is 92.7 Å². The fourth-order valence-electron chi connectivity index (χ4n) is 10.9. The SMILES string of the molecule is O=C(O)C1C(CC23c4c5cccc4NCC2CCCC3CC5)c2cc(O)c(OC3(O)OC(CO)C(O)C(O)C3O)cc2N1C(=O)C=Cc1ccc(O)c(Cc2cnc[nH]2)c1. The first-order valence-corrected chi connectivity index (χ1v) is 20.3. The Morgan fingerprint density at radius 1 is 1.02 bits per heavy atom. The second-order valence-corrected chi connectivity index (χ2v) is 16.8. The number of phenolic OH excluding ortho intramolecular Hbond substituents is 2. The number of aliphatic hydroxyl groups is 5. The van der Waals surface area contributed by atoms with Gasteiger partial charge in [0, 0.05) is 59.6 Å². The molecular formula is C44H48N4O12. The van der Waals surface area contributed by atoms with Gasteiger partial charge in [-0.25, -0.2) is 9.78 Å². The monoisotopic (exact) mass is 824 g/mol. The van der Waals surface area contributed by atoms with E-state index >= 15 is 0 Å². The lowest BCUT2D eigenvalue weighted by Gasteiger charge is -2.57. The minimum absolute atomic E-state index is 0.0400. The van der Waals surface area contributed by atoms with Crippen LogP contribution in [0.3, 0.4) is 0 Å². The minimum atomic E-state index is -3.10. The first-order valence-electron chi connectivity index (χ1n) is 20.3. The lowest BCUT2D eigenvalue weighted by Crippen LogP contribution is -2.67. The molecule has 60 heavy (non-hydrogen) atoms. The molecule has 1 amide bonds. The molecule has 3 aromatic carbocycles. The van der Waals surface area contributed by atoms with Crippen molar-refractivity contribution in [3.63, 3.8) is 0 Å². The average Bonchev–Trinajstić information content (AvgIpc) is 3.86. The highest BCUT2D eigenvalue weighted by molar-refractivity contribution is 6.10. The van der Waals surface area contributed by atoms with Gasteiger partial charge in [-0.2, -0.15) is 0 Å². The van der Waals surface area contributed by atoms with Gasteiger partial charge in [0.1, 0.15) is 30.1 Å². The Kier molecular flexibility index (Phi) is 10.1. The zero-order valence-electron chi connectivity index (χ0n) is 32.5. The number of carbonyl (C=O) groups excluding carboxylic acids is 1. The predicted molar refractivity (Wildman–Crippen MR) is 214 cm³/mol. The summed E-state index contributed by atoms with van der Waals surface area (Å²) < 4.78 is 11.0. The molecule has 0 radical (unpaired) electrons. The normalized spacial score (nSPS) is 31.6. The van der Waals surface area contributed by atoms with Gasteiger partial charge in [-0.15, -0.1) is 0 Å². The molecule has 3 aliphatic heterocycles. The van der Waals surface area contributed by atoms with Crippen LogP contribution in [0, 0.1) is 11.8 Å². The molecule has 10 atom stereocenters. The number of H-pyrrole nitrogens is 1. The highest BCUT2D eigenvalue weighted by Gasteiger charge is 2.59. The van der Waals surface area contributed by atoms with Gasteiger partial charge >= 0.3 is 11.9 Å². The summed E-state index contributed by atoms with van der Waals surface area (Å²) in [6.07, 6.45) is 3.64. The van der Waals surface area contributed by atoms with Gasteiger partial charge in [0.2, 0.25) is 0 Å². The number of aryl methyl sites for hydroxylation is 1. The Hall–Kier alpha value is -5.49. The molecule has 1 saturated carbocycles. The number of aliphatic carboxylic acids is 1. The van der Waals surface area contributed by atoms with Crippen molar-refractivity contribution in [1.82, 2.24) is 9.97 Å². The Bertz CT molecular complexity index is 2300. The van der Waals surface area contributed by atoms with Crippen molar-refractivity contribution >= 4 is 29.3 Å². The number of fused-ring (bicyclic) bond motifs is 1. The molecule has 316 valence electrons. The maximum atomic E-state index is 14.6. The van der Waals surface area contributed by atoms with Crippen LogP contribution in [0.1, 0.15) is 71.5 Å². The highest BCUT2D eigenvalue weighted by atomic mass is 16.8. The summed E-state index contributed by atoms with van der Waals surface area (Å²) in [7, 11) is 0. The summed E-state index contributed by atoms with van der Waals surface area (Å²) in [6.45, 7) is -0.169. The molecule has 10 unspecified atom stereocenters. The van der Waals surface area contributed by atoms with E-state index in [0.717, 1.165) is 48.4 Å². The van der Waals surface area contributed by atoms with Gasteiger partial charge in [-0.05, 0) is 96.5 Å². The van der Waals surface area contributed by atoms with E-state index in [1.165, 1.54) is 47.8 Å². The number of nitrogens with one attached hydrogen (secondary N) is 2. The smallest absolute Gasteiger partial charge is 0.355 e. The number of nitrogens with zero attached hydrogens (tertiary/aromatic N) is 2. The van der Waals surface area contributed by atoms with Crippen molar-refractivity contribution in [3.05, 3.63) is 101 Å². The van der Waals surface area contributed by atoms with Crippen LogP contribution in [-0.4, -0.2) is 112 Å². The molecule has 4 heterocycles. The van der Waals surface area contributed by atoms with Gasteiger partial charge < -0.3 is 60.6 Å². The number of anilines is 2. The van der Waals surface area contributed by atoms with Crippen molar-refractivity contribution in [1.29, 1.82) is 0 Å². The average molecular weight is 825 g/mol. The van der Waals surface area contributed by atoms with E-state index in [1.807, 2.05) is 6.07 Å². The topological polar surface area (TPSA) is 258 Å². The van der Waals surface area contributed by atoms with Gasteiger partial charge in [0.15, 0.2) is 17.6 Å². The van der Waals surface area contributed by atoms with Crippen LogP contribution in [0.25, 0.3) is 6.08 Å². The fraction of sp³-hybridized carbons (Fsp3) is 0.432. The van der Waals surface area contributed by atoms with Crippen LogP contribution in [0.15, 0.2) is 67.1 Å². The predicted octanol–water partition coefficient (Wildman–Crippen LogP) is 2.62. The number of hydrogen-bond acceptors (Lipinski definition) is 13. The van der Waals surface area contributed by atoms with Crippen molar-refractivity contribution in [2.75, 3.05) is 23.4 Å². The maximum absolute atomic E-state index is 14.6. The molecule has 2 fully saturated rings. The summed E-state index contributed by atoms with van der Waals surface area (Å²) in [5.41, 5.74) is 5.28. The molecule has 16 nitrogen and oxygen atoms in total. The first-order chi connectivity index (χ1) is 28.8. The largest absolute Gasteiger partial charge is 0.508 e. The number of ether oxygens (including phenoxy) is 2. The molecular weight excluding hydrogens is 776 g/mol. The van der Waals surface area contributed by atoms with Crippen LogP contribution in [0.5, 0.6) is 17.2 Å². The highest BCUT2D eigenvalue weighted by Crippen LogP contribution is 2.63. The number of aromatic nitrogens is 2. The lowest BCUT2D eigenvalue weighted by molar-refractivity contribution is -0.422. The number of aliphatic hydroxyl groups excluding tert-OH is 4. The summed E-state index contributed by atoms with van der Waals surface area (Å²) >= 11 is 0. The third-order valence-electron chi connectivity index (χ3n) is 13.6. The molecule has 5 aliphatic rings. The van der Waals surface area contributed by atoms with E-state index in [2.05, 4.69) is 27.4 Å². The molecule has 0 bridgehead atoms. The van der Waals surface area contributed by atoms with E-state index in [4.69, 9.17) is 9.47 Å². The number of amides is 1. The van der Waals surface area contributed by atoms with Crippen molar-refractivity contribution in [3.8, 4) is 17.2 Å². The summed E-state index contributed by atoms with van der Waals surface area (Å²) in [5, 5.41) is 89.7. The van der Waals surface area contributed by atoms with Crippen LogP contribution < -0.4 is 15.0 Å². The van der Waals surface area contributed by atoms with Crippen LogP contribution in [0.4, 0.5) is 11.4 Å². The summed E-state index contributed by atoms with van der Waals surface area (Å²) in [4.78, 5) is 36.5. The molecule has 9 rings (SSSR count). The molecule has 16 heteroatoms. The minimum Gasteiger partial charge on any atom is -0.508 e. The van der Waals surface area contributed by atoms with Crippen LogP contribution in [-0.2, 0) is 32.6 Å². The first kappa shape index (κ1) is 39.9. The third-order valence-corrected chi connectivity index (χ3v) is 13.6. The number of aromatic hydroxyl groups is 2. The van der Waals surface area contributed by atoms with Crippen molar-refractivity contribution in [2.24, 2.45) is 11.8 Å². The molecule has 1 saturated heterocycles. The second kappa shape index (κ2) is 15.2. The fourth-order valence-corrected chi connectivity index (χ4v) is 10.9. The molecule has 0 spiro atoms. The number of rotatable bonds is 10. The van der Waals surface area contributed by atoms with E-state index < -0.39 is 77.7 Å². The number of aromatic amines is 1. The van der Waals surface area contributed by atoms with E-state index in [1.54, 1.807) is 18.3 Å². The van der Waals surface area contributed by atoms with Crippen LogP contribution in [0.2, 0.25) is 0 Å². The number of benzene rings is 3. The standard InChI is InChI=1S/C44H48N4O12/c49-20-35-39(53)40(54)41(55)44(58,60-35)59-34-16-31-28(15-33(34)51)29(17-43-25-4-2-5-26(43)18-46-30-6-1-3-23(9-10-25)37(30)43)38(42(56)57)48(31)36(52)12-8-22-7-11-32(50)24(13-22)14-27-19-45-21-47-27/h1,3,6-8,11-13,15-16,19,21,25-26,29,35,38-41,46,49-51,53-55,58H,2,4-5,9-10,14,17-18,20H2,(H,45,47)(H,56,57). The number of carboxylic acids is 1. The maximum Gasteiger partial charge on any atom is 0.355 e. The van der Waals surface area contributed by atoms with Gasteiger partial charge in [-0.1, -0.05) is 24.6 Å². The number of phenols is 2. The Labute approximate surface area is 344 Å². The lowest BCUT2D eigenvalue weighted by atomic mass is 9.48. The Morgan fingerprint density at radius 3 is 2.60 bits per heavy atom. The van der Waals surface area contributed by atoms with E-state index in [9.17, 15) is 50.4 Å². The Morgan fingerprint density at radius 2 is 1.83 bits per heavy atom. The number of carbonyl (C=O) groups is 2. The quantitative estimate of drug-likeness (QED) is 0.0815. The Balaban J connectivity index is 1.14. The molecule has 2 aliphatic carbocycles. The van der Waals surface area contributed by atoms with Gasteiger partial charge in [0.05, 0.1) is 18.6 Å². The zero-order chi connectivity index (χ0) is 42.1. The van der Waals surface area contributed by atoms with E-state index in [-0.39, 0.29) is 23.3 Å². The van der Waals surface area contributed by atoms with E-state index in [0.29, 0.717) is 36.1 Å². The van der Waals surface area contributed by atoms with Gasteiger partial charge in [0.25, 0.3) is 5.91 Å². The molecule has 4 aromatic rings. The second-order valence-electron chi connectivity index (χ2n) is 16.8. The molecule has 1 aromatic heterocycles. The summed E-state index contributed by atoms with van der Waals surface area (Å²) in [5.74, 6) is -6.59. The zero-order valence-corrected chi connectivity index (χ0v) is 32.5. The number of imidazole rings is 1. The van der Waals surface area contributed by atoms with Crippen LogP contribution >= 0.6 is 0 Å². The van der Waals surface area contributed by atoms with Crippen molar-refractivity contribution < 1.29 is 59.9 Å². The summed E-state index contributed by atoms with van der Waals surface area (Å²) in [6, 6.07) is 12.1. The number of carboxylic acid groups (broad SMARTS) is 1.